The molecule has 0 aliphatic carbocycles. The summed E-state index contributed by atoms with van der Waals surface area (Å²) in [6.07, 6.45) is 0. The highest BCUT2D eigenvalue weighted by Gasteiger charge is 1.84. The number of rotatable bonds is 1. The van der Waals surface area contributed by atoms with Crippen molar-refractivity contribution >= 4 is 32.0 Å². The van der Waals surface area contributed by atoms with Gasteiger partial charge in [-0.3, -0.25) is 0 Å². The highest BCUT2D eigenvalue weighted by molar-refractivity contribution is 9.10. The fourth-order valence-corrected chi connectivity index (χ4v) is 1.21. The average molecular weight is 202 g/mol. The molecule has 0 heterocycles. The van der Waals surface area contributed by atoms with Crippen molar-refractivity contribution in [3.05, 3.63) is 28.7 Å². The lowest BCUT2D eigenvalue weighted by Crippen LogP contribution is -1.88. The molecule has 9 heavy (non-hydrogen) atoms. The largest absolute Gasteiger partial charge is 0.419 e. The number of benzene rings is 1. The van der Waals surface area contributed by atoms with E-state index < -0.39 is 0 Å². The van der Waals surface area contributed by atoms with Crippen molar-refractivity contribution in [1.29, 1.82) is 0 Å². The highest BCUT2D eigenvalue weighted by atomic mass is 79.9. The van der Waals surface area contributed by atoms with Crippen LogP contribution in [0, 0.1) is 0 Å². The Balaban J connectivity index is 2.88. The van der Waals surface area contributed by atoms with Gasteiger partial charge in [-0.2, -0.15) is 0 Å². The van der Waals surface area contributed by atoms with Gasteiger partial charge in [-0.1, -0.05) is 15.9 Å². The van der Waals surface area contributed by atoms with Gasteiger partial charge in [0.05, 0.1) is 0 Å². The molecule has 1 rings (SSSR count). The van der Waals surface area contributed by atoms with Crippen LogP contribution >= 0.6 is 15.9 Å². The number of anilines is 1. The zero-order chi connectivity index (χ0) is 6.69. The summed E-state index contributed by atoms with van der Waals surface area (Å²) < 4.78 is 1.13. The van der Waals surface area contributed by atoms with Crippen molar-refractivity contribution in [3.63, 3.8) is 0 Å². The molecule has 0 radical (unpaired) electrons. The Morgan fingerprint density at radius 2 is 1.78 bits per heavy atom. The molecule has 1 aromatic carbocycles. The van der Waals surface area contributed by atoms with Gasteiger partial charge in [-0.25, -0.2) is 0 Å². The topological polar surface area (TPSA) is 12.0 Å². The van der Waals surface area contributed by atoms with E-state index in [2.05, 4.69) is 33.0 Å². The number of hydrogen-bond acceptors (Lipinski definition) is 1. The maximum absolute atomic E-state index is 3.36. The molecule has 0 amide bonds. The molecule has 0 fully saturated rings. The lowest BCUT2D eigenvalue weighted by molar-refractivity contribution is 1.63. The first-order valence-corrected chi connectivity index (χ1v) is 4.55. The van der Waals surface area contributed by atoms with E-state index in [0.717, 1.165) is 14.9 Å². The van der Waals surface area contributed by atoms with Gasteiger partial charge in [0.15, 0.2) is 0 Å². The fourth-order valence-electron chi connectivity index (χ4n) is 0.617. The van der Waals surface area contributed by atoms with E-state index in [4.69, 9.17) is 0 Å². The van der Waals surface area contributed by atoms with Crippen LogP contribution in [-0.4, -0.2) is 10.4 Å². The first-order chi connectivity index (χ1) is 4.33. The van der Waals surface area contributed by atoms with Gasteiger partial charge < -0.3 is 4.98 Å². The first-order valence-electron chi connectivity index (χ1n) is 2.76. The molecule has 1 N–H and O–H groups in total. The van der Waals surface area contributed by atoms with E-state index in [1.165, 1.54) is 5.69 Å². The van der Waals surface area contributed by atoms with E-state index in [1.807, 2.05) is 12.1 Å². The SMILES string of the molecule is [SiH3]Nc1ccc(Br)cc1. The summed E-state index contributed by atoms with van der Waals surface area (Å²) in [6, 6.07) is 8.16. The quantitative estimate of drug-likeness (QED) is 0.673. The molecule has 0 atom stereocenters. The summed E-state index contributed by atoms with van der Waals surface area (Å²) in [5.41, 5.74) is 1.20. The molecule has 0 bridgehead atoms. The van der Waals surface area contributed by atoms with Crippen LogP contribution in [0.25, 0.3) is 0 Å². The van der Waals surface area contributed by atoms with E-state index in [0.29, 0.717) is 0 Å². The normalized spacial score (nSPS) is 9.44. The Kier molecular flexibility index (Phi) is 2.30. The summed E-state index contributed by atoms with van der Waals surface area (Å²) >= 11 is 3.36. The molecule has 1 nitrogen and oxygen atoms in total. The van der Waals surface area contributed by atoms with Crippen LogP contribution in [0.2, 0.25) is 0 Å². The second kappa shape index (κ2) is 3.03. The molecule has 0 unspecified atom stereocenters. The molecule has 0 aromatic heterocycles. The molecular weight excluding hydrogens is 194 g/mol. The second-order valence-corrected chi connectivity index (χ2v) is 3.17. The van der Waals surface area contributed by atoms with Gasteiger partial charge >= 0.3 is 0 Å². The highest BCUT2D eigenvalue weighted by Crippen LogP contribution is 2.12. The van der Waals surface area contributed by atoms with Gasteiger partial charge in [0.1, 0.15) is 10.4 Å². The summed E-state index contributed by atoms with van der Waals surface area (Å²) in [5, 5.41) is 0. The van der Waals surface area contributed by atoms with Gasteiger partial charge in [-0.05, 0) is 24.3 Å². The van der Waals surface area contributed by atoms with Gasteiger partial charge in [0, 0.05) is 10.2 Å². The van der Waals surface area contributed by atoms with Crippen molar-refractivity contribution < 1.29 is 0 Å². The summed E-state index contributed by atoms with van der Waals surface area (Å²) in [6.45, 7) is 0. The molecule has 0 aliphatic rings. The molecule has 48 valence electrons. The Labute approximate surface area is 66.1 Å². The van der Waals surface area contributed by atoms with Crippen molar-refractivity contribution in [3.8, 4) is 0 Å². The minimum absolute atomic E-state index is 1.01. The predicted octanol–water partition coefficient (Wildman–Crippen LogP) is 1.14. The lowest BCUT2D eigenvalue weighted by atomic mass is 10.3. The minimum Gasteiger partial charge on any atom is -0.419 e. The van der Waals surface area contributed by atoms with Crippen molar-refractivity contribution in [1.82, 2.24) is 0 Å². The van der Waals surface area contributed by atoms with E-state index in [-0.39, 0.29) is 0 Å². The van der Waals surface area contributed by atoms with Crippen LogP contribution in [0.4, 0.5) is 5.69 Å². The van der Waals surface area contributed by atoms with Crippen LogP contribution < -0.4 is 4.98 Å². The number of nitrogens with one attached hydrogen (secondary N) is 1. The molecule has 3 heteroatoms. The Hall–Kier alpha value is -0.283. The fraction of sp³-hybridized carbons (Fsp3) is 0. The van der Waals surface area contributed by atoms with Crippen LogP contribution in [0.5, 0.6) is 0 Å². The van der Waals surface area contributed by atoms with Gasteiger partial charge in [0.25, 0.3) is 0 Å². The van der Waals surface area contributed by atoms with Crippen LogP contribution in [-0.2, 0) is 0 Å². The molecule has 0 saturated heterocycles. The number of hydrogen-bond donors (Lipinski definition) is 1. The Morgan fingerprint density at radius 1 is 1.22 bits per heavy atom. The first kappa shape index (κ1) is 6.83. The average Bonchev–Trinajstić information content (AvgIpc) is 1.90. The minimum atomic E-state index is 1.01. The van der Waals surface area contributed by atoms with E-state index in [1.54, 1.807) is 0 Å². The third-order valence-corrected chi connectivity index (χ3v) is 2.24. The van der Waals surface area contributed by atoms with Gasteiger partial charge in [0.2, 0.25) is 0 Å². The zero-order valence-electron chi connectivity index (χ0n) is 5.19. The van der Waals surface area contributed by atoms with E-state index in [9.17, 15) is 0 Å². The van der Waals surface area contributed by atoms with Crippen LogP contribution in [0.1, 0.15) is 0 Å². The monoisotopic (exact) mass is 201 g/mol. The lowest BCUT2D eigenvalue weighted by Gasteiger charge is -1.97. The summed E-state index contributed by atoms with van der Waals surface area (Å²) in [4.78, 5) is 3.17. The molecule has 0 spiro atoms. The number of halogens is 1. The van der Waals surface area contributed by atoms with Crippen molar-refractivity contribution in [2.45, 2.75) is 0 Å². The van der Waals surface area contributed by atoms with Crippen molar-refractivity contribution in [2.75, 3.05) is 4.98 Å². The molecule has 0 aliphatic heterocycles. The van der Waals surface area contributed by atoms with Crippen molar-refractivity contribution in [2.24, 2.45) is 0 Å². The van der Waals surface area contributed by atoms with E-state index >= 15 is 0 Å². The van der Waals surface area contributed by atoms with Crippen LogP contribution in [0.15, 0.2) is 28.7 Å². The predicted molar refractivity (Wildman–Crippen MR) is 47.7 cm³/mol. The molecule has 1 aromatic rings. The summed E-state index contributed by atoms with van der Waals surface area (Å²) in [7, 11) is 1.01. The zero-order valence-corrected chi connectivity index (χ0v) is 8.77. The molecule has 0 saturated carbocycles. The van der Waals surface area contributed by atoms with Gasteiger partial charge in [-0.15, -0.1) is 0 Å². The maximum Gasteiger partial charge on any atom is 0.104 e. The Morgan fingerprint density at radius 3 is 2.22 bits per heavy atom. The third-order valence-electron chi connectivity index (χ3n) is 1.13. The second-order valence-electron chi connectivity index (χ2n) is 1.76. The third kappa shape index (κ3) is 1.84. The smallest absolute Gasteiger partial charge is 0.104 e. The molecular formula is C6H8BrNSi. The Bertz CT molecular complexity index is 185. The maximum atomic E-state index is 3.36. The summed E-state index contributed by atoms with van der Waals surface area (Å²) in [5.74, 6) is 0. The standard InChI is InChI=1S/C6H8BrNSi/c7-5-1-3-6(8-9)4-2-5/h1-4,8H,9H3. The van der Waals surface area contributed by atoms with Crippen LogP contribution in [0.3, 0.4) is 0 Å².